The van der Waals surface area contributed by atoms with Crippen LogP contribution in [0.1, 0.15) is 50.5 Å². The van der Waals surface area contributed by atoms with E-state index < -0.39 is 0 Å². The van der Waals surface area contributed by atoms with E-state index in [0.717, 1.165) is 32.1 Å². The zero-order valence-corrected chi connectivity index (χ0v) is 12.1. The number of hydrogen-bond acceptors (Lipinski definition) is 2. The van der Waals surface area contributed by atoms with Gasteiger partial charge in [0.05, 0.1) is 0 Å². The first-order chi connectivity index (χ1) is 9.40. The Morgan fingerprint density at radius 1 is 1.00 bits per heavy atom. The molecule has 1 fully saturated rings. The second-order valence-electron chi connectivity index (χ2n) is 5.74. The van der Waals surface area contributed by atoms with Crippen molar-refractivity contribution in [2.75, 3.05) is 13.1 Å². The fraction of sp³-hybridized carbons (Fsp3) is 0.647. The maximum Gasteiger partial charge on any atom is 0.0236 e. The summed E-state index contributed by atoms with van der Waals surface area (Å²) in [4.78, 5) is 2.67. The van der Waals surface area contributed by atoms with Crippen LogP contribution in [0.25, 0.3) is 0 Å². The molecule has 19 heavy (non-hydrogen) atoms. The van der Waals surface area contributed by atoms with Crippen LogP contribution in [-0.4, -0.2) is 24.0 Å². The molecule has 0 unspecified atom stereocenters. The molecule has 1 aliphatic rings. The lowest BCUT2D eigenvalue weighted by Gasteiger charge is -2.31. The second kappa shape index (κ2) is 8.34. The van der Waals surface area contributed by atoms with Gasteiger partial charge in [-0.05, 0) is 37.9 Å². The molecule has 0 radical (unpaired) electrons. The van der Waals surface area contributed by atoms with E-state index in [-0.39, 0.29) is 0 Å². The van der Waals surface area contributed by atoms with Gasteiger partial charge in [0, 0.05) is 12.6 Å². The van der Waals surface area contributed by atoms with Crippen LogP contribution >= 0.6 is 0 Å². The molecule has 0 atom stereocenters. The average molecular weight is 260 g/mol. The van der Waals surface area contributed by atoms with Crippen LogP contribution in [0.4, 0.5) is 0 Å². The number of nitrogens with zero attached hydrogens (tertiary/aromatic N) is 1. The largest absolute Gasteiger partial charge is 0.330 e. The summed E-state index contributed by atoms with van der Waals surface area (Å²) < 4.78 is 0. The van der Waals surface area contributed by atoms with Crippen molar-refractivity contribution in [3.8, 4) is 0 Å². The molecule has 0 spiro atoms. The summed E-state index contributed by atoms with van der Waals surface area (Å²) >= 11 is 0. The third kappa shape index (κ3) is 4.96. The van der Waals surface area contributed by atoms with Crippen molar-refractivity contribution in [1.82, 2.24) is 4.90 Å². The predicted octanol–water partition coefficient (Wildman–Crippen LogP) is 3.56. The van der Waals surface area contributed by atoms with Gasteiger partial charge < -0.3 is 5.73 Å². The lowest BCUT2D eigenvalue weighted by Crippen LogP contribution is -2.36. The summed E-state index contributed by atoms with van der Waals surface area (Å²) in [6.07, 6.45) is 9.51. The highest BCUT2D eigenvalue weighted by Crippen LogP contribution is 2.23. The molecule has 0 heterocycles. The molecule has 0 amide bonds. The molecule has 1 aromatic rings. The number of benzene rings is 1. The van der Waals surface area contributed by atoms with E-state index in [2.05, 4.69) is 35.2 Å². The van der Waals surface area contributed by atoms with Crippen molar-refractivity contribution in [3.63, 3.8) is 0 Å². The zero-order chi connectivity index (χ0) is 13.3. The van der Waals surface area contributed by atoms with Gasteiger partial charge in [0.15, 0.2) is 0 Å². The third-order valence-corrected chi connectivity index (χ3v) is 4.22. The van der Waals surface area contributed by atoms with Crippen molar-refractivity contribution in [3.05, 3.63) is 35.9 Å². The van der Waals surface area contributed by atoms with E-state index in [1.165, 1.54) is 44.1 Å². The maximum absolute atomic E-state index is 5.70. The average Bonchev–Trinajstić information content (AvgIpc) is 2.73. The molecule has 2 rings (SSSR count). The minimum absolute atomic E-state index is 0.772. The monoisotopic (exact) mass is 260 g/mol. The maximum atomic E-state index is 5.70. The van der Waals surface area contributed by atoms with E-state index in [1.54, 1.807) is 0 Å². The first-order valence-corrected chi connectivity index (χ1v) is 7.88. The normalized spacial score (nSPS) is 17.6. The standard InChI is InChI=1S/C17H28N2/c18-13-8-14-19(15-16-9-4-3-5-10-16)17-11-6-1-2-7-12-17/h3-5,9-10,17H,1-2,6-8,11-15,18H2. The fourth-order valence-electron chi connectivity index (χ4n) is 3.13. The molecule has 0 aliphatic heterocycles. The van der Waals surface area contributed by atoms with Gasteiger partial charge in [-0.3, -0.25) is 4.90 Å². The van der Waals surface area contributed by atoms with Crippen LogP contribution in [0.2, 0.25) is 0 Å². The first-order valence-electron chi connectivity index (χ1n) is 7.88. The van der Waals surface area contributed by atoms with Crippen molar-refractivity contribution in [1.29, 1.82) is 0 Å². The summed E-state index contributed by atoms with van der Waals surface area (Å²) in [7, 11) is 0. The van der Waals surface area contributed by atoms with Gasteiger partial charge in [-0.15, -0.1) is 0 Å². The lowest BCUT2D eigenvalue weighted by molar-refractivity contribution is 0.169. The molecule has 0 saturated heterocycles. The smallest absolute Gasteiger partial charge is 0.0236 e. The van der Waals surface area contributed by atoms with E-state index in [1.807, 2.05) is 0 Å². The first kappa shape index (κ1) is 14.5. The van der Waals surface area contributed by atoms with Gasteiger partial charge in [0.1, 0.15) is 0 Å². The van der Waals surface area contributed by atoms with Gasteiger partial charge >= 0.3 is 0 Å². The van der Waals surface area contributed by atoms with Gasteiger partial charge in [-0.1, -0.05) is 56.0 Å². The molecular weight excluding hydrogens is 232 g/mol. The van der Waals surface area contributed by atoms with Crippen LogP contribution in [0.15, 0.2) is 30.3 Å². The molecule has 106 valence electrons. The zero-order valence-electron chi connectivity index (χ0n) is 12.1. The number of rotatable bonds is 6. The van der Waals surface area contributed by atoms with Gasteiger partial charge in [-0.2, -0.15) is 0 Å². The molecular formula is C17H28N2. The molecule has 1 aromatic carbocycles. The minimum Gasteiger partial charge on any atom is -0.330 e. The summed E-state index contributed by atoms with van der Waals surface area (Å²) in [6, 6.07) is 11.6. The number of hydrogen-bond donors (Lipinski definition) is 1. The Morgan fingerprint density at radius 3 is 2.32 bits per heavy atom. The third-order valence-electron chi connectivity index (χ3n) is 4.22. The molecule has 0 aromatic heterocycles. The molecule has 2 nitrogen and oxygen atoms in total. The molecule has 1 aliphatic carbocycles. The summed E-state index contributed by atoms with van der Waals surface area (Å²) in [5, 5.41) is 0. The molecule has 0 bridgehead atoms. The van der Waals surface area contributed by atoms with Crippen LogP contribution in [0.5, 0.6) is 0 Å². The minimum atomic E-state index is 0.772. The quantitative estimate of drug-likeness (QED) is 0.792. The van der Waals surface area contributed by atoms with Crippen molar-refractivity contribution >= 4 is 0 Å². The van der Waals surface area contributed by atoms with Crippen LogP contribution in [0.3, 0.4) is 0 Å². The highest BCUT2D eigenvalue weighted by atomic mass is 15.1. The highest BCUT2D eigenvalue weighted by molar-refractivity contribution is 5.14. The van der Waals surface area contributed by atoms with E-state index in [0.29, 0.717) is 0 Å². The Labute approximate surface area is 118 Å². The Balaban J connectivity index is 1.97. The summed E-state index contributed by atoms with van der Waals surface area (Å²) in [5.74, 6) is 0. The van der Waals surface area contributed by atoms with Crippen molar-refractivity contribution in [2.24, 2.45) is 5.73 Å². The summed E-state index contributed by atoms with van der Waals surface area (Å²) in [5.41, 5.74) is 7.14. The van der Waals surface area contributed by atoms with Gasteiger partial charge in [0.2, 0.25) is 0 Å². The molecule has 1 saturated carbocycles. The topological polar surface area (TPSA) is 29.3 Å². The van der Waals surface area contributed by atoms with Crippen molar-refractivity contribution in [2.45, 2.75) is 57.5 Å². The number of nitrogens with two attached hydrogens (primary N) is 1. The van der Waals surface area contributed by atoms with Gasteiger partial charge in [0.25, 0.3) is 0 Å². The predicted molar refractivity (Wildman–Crippen MR) is 82.0 cm³/mol. The van der Waals surface area contributed by atoms with Crippen LogP contribution < -0.4 is 5.73 Å². The van der Waals surface area contributed by atoms with Crippen molar-refractivity contribution < 1.29 is 0 Å². The van der Waals surface area contributed by atoms with E-state index in [4.69, 9.17) is 5.73 Å². The van der Waals surface area contributed by atoms with E-state index in [9.17, 15) is 0 Å². The van der Waals surface area contributed by atoms with Crippen LogP contribution in [-0.2, 0) is 6.54 Å². The fourth-order valence-corrected chi connectivity index (χ4v) is 3.13. The summed E-state index contributed by atoms with van der Waals surface area (Å²) in [6.45, 7) is 3.04. The van der Waals surface area contributed by atoms with Gasteiger partial charge in [-0.25, -0.2) is 0 Å². The molecule has 2 N–H and O–H groups in total. The van der Waals surface area contributed by atoms with Crippen LogP contribution in [0, 0.1) is 0 Å². The SMILES string of the molecule is NCCCN(Cc1ccccc1)C1CCCCCC1. The Hall–Kier alpha value is -0.860. The molecule has 2 heteroatoms. The Kier molecular flexibility index (Phi) is 6.38. The highest BCUT2D eigenvalue weighted by Gasteiger charge is 2.19. The Morgan fingerprint density at radius 2 is 1.68 bits per heavy atom. The Bertz CT molecular complexity index is 328. The second-order valence-corrected chi connectivity index (χ2v) is 5.74. The lowest BCUT2D eigenvalue weighted by atomic mass is 10.1. The van der Waals surface area contributed by atoms with E-state index >= 15 is 0 Å².